The van der Waals surface area contributed by atoms with Crippen molar-refractivity contribution in [3.8, 4) is 0 Å². The minimum absolute atomic E-state index is 0.210. The van der Waals surface area contributed by atoms with E-state index in [1.54, 1.807) is 0 Å². The molecular weight excluding hydrogens is 238 g/mol. The summed E-state index contributed by atoms with van der Waals surface area (Å²) in [5.41, 5.74) is 6.16. The van der Waals surface area contributed by atoms with Crippen LogP contribution >= 0.6 is 23.1 Å². The largest absolute Gasteiger partial charge is 0.396 e. The van der Waals surface area contributed by atoms with E-state index in [4.69, 9.17) is 10.8 Å². The van der Waals surface area contributed by atoms with Crippen molar-refractivity contribution in [3.05, 3.63) is 21.9 Å². The maximum atomic E-state index is 8.81. The van der Waals surface area contributed by atoms with E-state index in [2.05, 4.69) is 26.0 Å². The van der Waals surface area contributed by atoms with Gasteiger partial charge in [0.05, 0.1) is 5.25 Å². The van der Waals surface area contributed by atoms with E-state index in [0.29, 0.717) is 5.25 Å². The van der Waals surface area contributed by atoms with Crippen molar-refractivity contribution >= 4 is 23.1 Å². The van der Waals surface area contributed by atoms with Crippen LogP contribution in [0.25, 0.3) is 0 Å². The van der Waals surface area contributed by atoms with Crippen LogP contribution in [0.5, 0.6) is 0 Å². The van der Waals surface area contributed by atoms with Crippen molar-refractivity contribution in [1.82, 2.24) is 0 Å². The lowest BCUT2D eigenvalue weighted by atomic mass is 10.1. The maximum Gasteiger partial charge on any atom is 0.0542 e. The van der Waals surface area contributed by atoms with Crippen LogP contribution in [0.3, 0.4) is 0 Å². The van der Waals surface area contributed by atoms with Crippen molar-refractivity contribution in [1.29, 1.82) is 0 Å². The van der Waals surface area contributed by atoms with Crippen LogP contribution in [-0.4, -0.2) is 23.5 Å². The molecule has 16 heavy (non-hydrogen) atoms. The van der Waals surface area contributed by atoms with E-state index in [-0.39, 0.29) is 12.6 Å². The Kier molecular flexibility index (Phi) is 6.43. The second-order valence-electron chi connectivity index (χ2n) is 3.89. The molecule has 0 spiro atoms. The van der Waals surface area contributed by atoms with Gasteiger partial charge in [-0.3, -0.25) is 0 Å². The van der Waals surface area contributed by atoms with Crippen LogP contribution in [0, 0.1) is 6.92 Å². The maximum absolute atomic E-state index is 8.81. The fraction of sp³-hybridized carbons (Fsp3) is 0.667. The topological polar surface area (TPSA) is 46.2 Å². The van der Waals surface area contributed by atoms with Crippen LogP contribution in [-0.2, 0) is 0 Å². The van der Waals surface area contributed by atoms with Gasteiger partial charge < -0.3 is 10.8 Å². The Balaban J connectivity index is 2.63. The average molecular weight is 259 g/mol. The molecule has 0 aliphatic carbocycles. The number of hydrogen-bond acceptors (Lipinski definition) is 4. The molecule has 2 nitrogen and oxygen atoms in total. The number of thioether (sulfide) groups is 1. The molecule has 1 heterocycles. The molecule has 0 fully saturated rings. The Morgan fingerprint density at radius 1 is 1.50 bits per heavy atom. The first-order valence-corrected chi connectivity index (χ1v) is 7.60. The normalized spacial score (nSPS) is 15.0. The smallest absolute Gasteiger partial charge is 0.0542 e. The lowest BCUT2D eigenvalue weighted by Gasteiger charge is -2.21. The summed E-state index contributed by atoms with van der Waals surface area (Å²) in [5, 5.41) is 9.19. The molecule has 0 amide bonds. The SMILES string of the molecule is CCC(N)C(SCCCO)c1ccc(C)s1. The van der Waals surface area contributed by atoms with Crippen molar-refractivity contribution in [2.24, 2.45) is 5.73 Å². The molecule has 3 N–H and O–H groups in total. The van der Waals surface area contributed by atoms with Crippen LogP contribution in [0.2, 0.25) is 0 Å². The number of nitrogens with two attached hydrogens (primary N) is 1. The Morgan fingerprint density at radius 3 is 2.75 bits per heavy atom. The highest BCUT2D eigenvalue weighted by molar-refractivity contribution is 7.99. The zero-order valence-electron chi connectivity index (χ0n) is 9.98. The fourth-order valence-corrected chi connectivity index (χ4v) is 4.03. The summed E-state index contributed by atoms with van der Waals surface area (Å²) >= 11 is 3.70. The zero-order chi connectivity index (χ0) is 12.0. The standard InChI is InChI=1S/C12H21NOS2/c1-3-10(13)12(15-8-4-7-14)11-6-5-9(2)16-11/h5-6,10,12,14H,3-4,7-8,13H2,1-2H3. The number of aliphatic hydroxyl groups is 1. The highest BCUT2D eigenvalue weighted by atomic mass is 32.2. The number of aliphatic hydroxyl groups excluding tert-OH is 1. The second kappa shape index (κ2) is 7.33. The predicted octanol–water partition coefficient (Wildman–Crippen LogP) is 2.95. The third-order valence-electron chi connectivity index (χ3n) is 2.50. The molecule has 0 saturated heterocycles. The van der Waals surface area contributed by atoms with Gasteiger partial charge in [-0.25, -0.2) is 0 Å². The first-order valence-electron chi connectivity index (χ1n) is 5.73. The van der Waals surface area contributed by atoms with Gasteiger partial charge in [0.2, 0.25) is 0 Å². The molecule has 0 radical (unpaired) electrons. The van der Waals surface area contributed by atoms with Gasteiger partial charge in [-0.05, 0) is 37.7 Å². The molecule has 1 aromatic rings. The molecule has 2 unspecified atom stereocenters. The molecule has 2 atom stereocenters. The van der Waals surface area contributed by atoms with Gasteiger partial charge in [-0.1, -0.05) is 6.92 Å². The van der Waals surface area contributed by atoms with Crippen LogP contribution in [0.1, 0.15) is 34.8 Å². The van der Waals surface area contributed by atoms with Crippen molar-refractivity contribution in [3.63, 3.8) is 0 Å². The van der Waals surface area contributed by atoms with Crippen molar-refractivity contribution < 1.29 is 5.11 Å². The molecule has 0 aliphatic heterocycles. The number of thiophene rings is 1. The lowest BCUT2D eigenvalue weighted by Crippen LogP contribution is -2.25. The Labute approximate surface area is 106 Å². The summed E-state index contributed by atoms with van der Waals surface area (Å²) in [6, 6.07) is 4.55. The van der Waals surface area contributed by atoms with Gasteiger partial charge in [-0.2, -0.15) is 11.8 Å². The van der Waals surface area contributed by atoms with E-state index in [1.807, 2.05) is 23.1 Å². The molecule has 1 aromatic heterocycles. The highest BCUT2D eigenvalue weighted by Crippen LogP contribution is 2.36. The van der Waals surface area contributed by atoms with Gasteiger partial charge in [-0.15, -0.1) is 11.3 Å². The van der Waals surface area contributed by atoms with E-state index in [9.17, 15) is 0 Å². The zero-order valence-corrected chi connectivity index (χ0v) is 11.6. The monoisotopic (exact) mass is 259 g/mol. The molecule has 0 aromatic carbocycles. The number of hydrogen-bond donors (Lipinski definition) is 2. The Hall–Kier alpha value is -0.0300. The third kappa shape index (κ3) is 4.09. The van der Waals surface area contributed by atoms with Gasteiger partial charge in [0.1, 0.15) is 0 Å². The summed E-state index contributed by atoms with van der Waals surface area (Å²) in [4.78, 5) is 2.71. The van der Waals surface area contributed by atoms with Crippen LogP contribution < -0.4 is 5.73 Å². The van der Waals surface area contributed by atoms with E-state index in [1.165, 1.54) is 9.75 Å². The lowest BCUT2D eigenvalue weighted by molar-refractivity contribution is 0.296. The van der Waals surface area contributed by atoms with E-state index < -0.39 is 0 Å². The molecule has 1 rings (SSSR count). The predicted molar refractivity (Wildman–Crippen MR) is 74.2 cm³/mol. The summed E-state index contributed by atoms with van der Waals surface area (Å²) in [5.74, 6) is 0.978. The van der Waals surface area contributed by atoms with Gasteiger partial charge in [0.15, 0.2) is 0 Å². The van der Waals surface area contributed by atoms with Gasteiger partial charge in [0, 0.05) is 22.4 Å². The van der Waals surface area contributed by atoms with Gasteiger partial charge >= 0.3 is 0 Å². The molecule has 0 aliphatic rings. The highest BCUT2D eigenvalue weighted by Gasteiger charge is 2.20. The molecule has 92 valence electrons. The number of aryl methyl sites for hydroxylation is 1. The summed E-state index contributed by atoms with van der Waals surface area (Å²) < 4.78 is 0. The average Bonchev–Trinajstić information content (AvgIpc) is 2.70. The van der Waals surface area contributed by atoms with E-state index in [0.717, 1.165) is 18.6 Å². The van der Waals surface area contributed by atoms with E-state index >= 15 is 0 Å². The Morgan fingerprint density at radius 2 is 2.25 bits per heavy atom. The Bertz CT molecular complexity index is 301. The molecule has 0 bridgehead atoms. The fourth-order valence-electron chi connectivity index (χ4n) is 1.51. The van der Waals surface area contributed by atoms with Crippen LogP contribution in [0.4, 0.5) is 0 Å². The first kappa shape index (κ1) is 14.0. The summed E-state index contributed by atoms with van der Waals surface area (Å²) in [6.45, 7) is 4.52. The van der Waals surface area contributed by atoms with Gasteiger partial charge in [0.25, 0.3) is 0 Å². The van der Waals surface area contributed by atoms with Crippen LogP contribution in [0.15, 0.2) is 12.1 Å². The van der Waals surface area contributed by atoms with Crippen molar-refractivity contribution in [2.45, 2.75) is 38.0 Å². The molecular formula is C12H21NOS2. The van der Waals surface area contributed by atoms with Crippen molar-refractivity contribution in [2.75, 3.05) is 12.4 Å². The molecule has 4 heteroatoms. The minimum Gasteiger partial charge on any atom is -0.396 e. The quantitative estimate of drug-likeness (QED) is 0.740. The first-order chi connectivity index (χ1) is 7.69. The summed E-state index contributed by atoms with van der Waals surface area (Å²) in [6.07, 6.45) is 1.84. The number of rotatable bonds is 7. The summed E-state index contributed by atoms with van der Waals surface area (Å²) in [7, 11) is 0. The minimum atomic E-state index is 0.210. The second-order valence-corrected chi connectivity index (χ2v) is 6.46. The molecule has 0 saturated carbocycles. The third-order valence-corrected chi connectivity index (χ3v) is 5.22.